The monoisotopic (exact) mass is 196 g/mol. The SMILES string of the molecule is CCCCCCOC1OC=CC=C1C. The van der Waals surface area contributed by atoms with Crippen LogP contribution in [0.1, 0.15) is 39.5 Å². The Morgan fingerprint density at radius 1 is 1.36 bits per heavy atom. The van der Waals surface area contributed by atoms with Crippen LogP contribution in [0.15, 0.2) is 24.0 Å². The minimum atomic E-state index is -0.151. The lowest BCUT2D eigenvalue weighted by Gasteiger charge is -2.20. The van der Waals surface area contributed by atoms with Crippen LogP contribution in [-0.2, 0) is 9.47 Å². The molecule has 2 nitrogen and oxygen atoms in total. The average molecular weight is 196 g/mol. The van der Waals surface area contributed by atoms with Gasteiger partial charge in [-0.2, -0.15) is 0 Å². The summed E-state index contributed by atoms with van der Waals surface area (Å²) < 4.78 is 10.9. The molecule has 0 aromatic rings. The van der Waals surface area contributed by atoms with Crippen molar-refractivity contribution < 1.29 is 9.47 Å². The number of ether oxygens (including phenoxy) is 2. The van der Waals surface area contributed by atoms with Gasteiger partial charge in [-0.1, -0.05) is 32.3 Å². The summed E-state index contributed by atoms with van der Waals surface area (Å²) in [6.07, 6.45) is 10.4. The van der Waals surface area contributed by atoms with Crippen molar-refractivity contribution in [1.29, 1.82) is 0 Å². The molecule has 1 atom stereocenters. The van der Waals surface area contributed by atoms with Gasteiger partial charge in [0.2, 0.25) is 6.29 Å². The molecule has 1 unspecified atom stereocenters. The maximum atomic E-state index is 5.60. The Morgan fingerprint density at radius 3 is 2.93 bits per heavy atom. The van der Waals surface area contributed by atoms with E-state index in [0.29, 0.717) is 0 Å². The van der Waals surface area contributed by atoms with Crippen LogP contribution in [0.4, 0.5) is 0 Å². The number of allylic oxidation sites excluding steroid dienone is 2. The van der Waals surface area contributed by atoms with Gasteiger partial charge < -0.3 is 9.47 Å². The smallest absolute Gasteiger partial charge is 0.221 e. The molecule has 0 N–H and O–H groups in total. The molecule has 0 amide bonds. The van der Waals surface area contributed by atoms with Crippen molar-refractivity contribution >= 4 is 0 Å². The molecule has 0 aliphatic carbocycles. The van der Waals surface area contributed by atoms with E-state index < -0.39 is 0 Å². The van der Waals surface area contributed by atoms with Crippen molar-refractivity contribution in [2.45, 2.75) is 45.8 Å². The van der Waals surface area contributed by atoms with Crippen molar-refractivity contribution in [3.05, 3.63) is 24.0 Å². The molecular weight excluding hydrogens is 176 g/mol. The molecule has 0 fully saturated rings. The molecule has 0 saturated heterocycles. The third-order valence-electron chi connectivity index (χ3n) is 2.28. The van der Waals surface area contributed by atoms with Crippen LogP contribution >= 0.6 is 0 Å². The molecule has 80 valence electrons. The molecule has 0 aromatic heterocycles. The lowest BCUT2D eigenvalue weighted by molar-refractivity contribution is -0.0829. The molecule has 0 spiro atoms. The molecular formula is C12H20O2. The zero-order chi connectivity index (χ0) is 10.2. The van der Waals surface area contributed by atoms with Crippen molar-refractivity contribution in [3.63, 3.8) is 0 Å². The average Bonchev–Trinajstić information content (AvgIpc) is 2.20. The fourth-order valence-electron chi connectivity index (χ4n) is 1.38. The predicted octanol–water partition coefficient (Wildman–Crippen LogP) is 3.40. The highest BCUT2D eigenvalue weighted by Crippen LogP contribution is 2.13. The van der Waals surface area contributed by atoms with Gasteiger partial charge >= 0.3 is 0 Å². The van der Waals surface area contributed by atoms with E-state index in [9.17, 15) is 0 Å². The number of rotatable bonds is 6. The standard InChI is InChI=1S/C12H20O2/c1-3-4-5-6-9-13-12-11(2)8-7-10-14-12/h7-8,10,12H,3-6,9H2,1-2H3. The minimum Gasteiger partial charge on any atom is -0.469 e. The summed E-state index contributed by atoms with van der Waals surface area (Å²) >= 11 is 0. The van der Waals surface area contributed by atoms with Crippen molar-refractivity contribution in [2.24, 2.45) is 0 Å². The van der Waals surface area contributed by atoms with Gasteiger partial charge in [-0.25, -0.2) is 0 Å². The Bertz CT molecular complexity index is 206. The van der Waals surface area contributed by atoms with Gasteiger partial charge in [0, 0.05) is 0 Å². The Balaban J connectivity index is 2.07. The molecule has 1 aliphatic rings. The van der Waals surface area contributed by atoms with Gasteiger partial charge in [0.15, 0.2) is 0 Å². The first kappa shape index (κ1) is 11.3. The molecule has 1 aliphatic heterocycles. The molecule has 14 heavy (non-hydrogen) atoms. The predicted molar refractivity (Wildman–Crippen MR) is 57.9 cm³/mol. The lowest BCUT2D eigenvalue weighted by atomic mass is 10.2. The molecule has 0 saturated carbocycles. The maximum Gasteiger partial charge on any atom is 0.221 e. The largest absolute Gasteiger partial charge is 0.469 e. The first-order valence-electron chi connectivity index (χ1n) is 5.45. The second-order valence-electron chi connectivity index (χ2n) is 3.64. The molecule has 0 radical (unpaired) electrons. The maximum absolute atomic E-state index is 5.60. The highest BCUT2D eigenvalue weighted by molar-refractivity contribution is 5.14. The van der Waals surface area contributed by atoms with Crippen LogP contribution in [0.5, 0.6) is 0 Å². The van der Waals surface area contributed by atoms with Crippen LogP contribution in [0.3, 0.4) is 0 Å². The number of hydrogen-bond donors (Lipinski definition) is 0. The van der Waals surface area contributed by atoms with E-state index in [1.807, 2.05) is 19.1 Å². The third-order valence-corrected chi connectivity index (χ3v) is 2.28. The van der Waals surface area contributed by atoms with Gasteiger partial charge in [-0.05, 0) is 25.0 Å². The van der Waals surface area contributed by atoms with Gasteiger partial charge in [0.05, 0.1) is 12.9 Å². The van der Waals surface area contributed by atoms with Gasteiger partial charge in [-0.3, -0.25) is 0 Å². The summed E-state index contributed by atoms with van der Waals surface area (Å²) in [6.45, 7) is 5.03. The van der Waals surface area contributed by atoms with E-state index >= 15 is 0 Å². The number of unbranched alkanes of at least 4 members (excludes halogenated alkanes) is 3. The van der Waals surface area contributed by atoms with Crippen molar-refractivity contribution in [1.82, 2.24) is 0 Å². The molecule has 2 heteroatoms. The summed E-state index contributed by atoms with van der Waals surface area (Å²) in [5.41, 5.74) is 1.14. The highest BCUT2D eigenvalue weighted by Gasteiger charge is 2.12. The second-order valence-corrected chi connectivity index (χ2v) is 3.64. The van der Waals surface area contributed by atoms with Gasteiger partial charge in [0.1, 0.15) is 0 Å². The molecule has 0 aromatic carbocycles. The van der Waals surface area contributed by atoms with E-state index in [1.54, 1.807) is 6.26 Å². The first-order valence-corrected chi connectivity index (χ1v) is 5.45. The Labute approximate surface area is 86.6 Å². The second kappa shape index (κ2) is 6.66. The summed E-state index contributed by atoms with van der Waals surface area (Å²) in [4.78, 5) is 0. The Morgan fingerprint density at radius 2 is 2.21 bits per heavy atom. The molecule has 1 heterocycles. The van der Waals surface area contributed by atoms with Gasteiger partial charge in [0.25, 0.3) is 0 Å². The van der Waals surface area contributed by atoms with Crippen molar-refractivity contribution in [2.75, 3.05) is 6.61 Å². The summed E-state index contributed by atoms with van der Waals surface area (Å²) in [5.74, 6) is 0. The third kappa shape index (κ3) is 3.97. The summed E-state index contributed by atoms with van der Waals surface area (Å²) in [5, 5.41) is 0. The van der Waals surface area contributed by atoms with E-state index in [4.69, 9.17) is 9.47 Å². The quantitative estimate of drug-likeness (QED) is 0.606. The normalized spacial score (nSPS) is 20.4. The lowest BCUT2D eigenvalue weighted by Crippen LogP contribution is -2.18. The Hall–Kier alpha value is -0.760. The van der Waals surface area contributed by atoms with E-state index in [2.05, 4.69) is 6.92 Å². The number of hydrogen-bond acceptors (Lipinski definition) is 2. The van der Waals surface area contributed by atoms with Gasteiger partial charge in [-0.15, -0.1) is 0 Å². The van der Waals surface area contributed by atoms with Crippen LogP contribution in [-0.4, -0.2) is 12.9 Å². The van der Waals surface area contributed by atoms with E-state index in [1.165, 1.54) is 19.3 Å². The highest BCUT2D eigenvalue weighted by atomic mass is 16.7. The van der Waals surface area contributed by atoms with Crippen LogP contribution < -0.4 is 0 Å². The fraction of sp³-hybridized carbons (Fsp3) is 0.667. The van der Waals surface area contributed by atoms with Crippen LogP contribution in [0.2, 0.25) is 0 Å². The summed E-state index contributed by atoms with van der Waals surface area (Å²) in [6, 6.07) is 0. The molecule has 0 bridgehead atoms. The fourth-order valence-corrected chi connectivity index (χ4v) is 1.38. The van der Waals surface area contributed by atoms with E-state index in [-0.39, 0.29) is 6.29 Å². The zero-order valence-electron chi connectivity index (χ0n) is 9.16. The topological polar surface area (TPSA) is 18.5 Å². The Kier molecular flexibility index (Phi) is 5.38. The van der Waals surface area contributed by atoms with E-state index in [0.717, 1.165) is 18.6 Å². The summed E-state index contributed by atoms with van der Waals surface area (Å²) in [7, 11) is 0. The minimum absolute atomic E-state index is 0.151. The first-order chi connectivity index (χ1) is 6.84. The van der Waals surface area contributed by atoms with Crippen LogP contribution in [0.25, 0.3) is 0 Å². The van der Waals surface area contributed by atoms with Crippen LogP contribution in [0, 0.1) is 0 Å². The molecule has 1 rings (SSSR count). The zero-order valence-corrected chi connectivity index (χ0v) is 9.16. The van der Waals surface area contributed by atoms with Crippen molar-refractivity contribution in [3.8, 4) is 0 Å².